The molecule has 0 bridgehead atoms. The Hall–Kier alpha value is -2.43. The van der Waals surface area contributed by atoms with Crippen molar-refractivity contribution in [1.29, 1.82) is 0 Å². The minimum Gasteiger partial charge on any atom is -0.512 e. The zero-order valence-electron chi connectivity index (χ0n) is 21.0. The molecule has 1 aromatic rings. The van der Waals surface area contributed by atoms with Crippen molar-refractivity contribution < 1.29 is 19.4 Å². The van der Waals surface area contributed by atoms with Crippen molar-refractivity contribution in [2.24, 2.45) is 4.99 Å². The van der Waals surface area contributed by atoms with Crippen molar-refractivity contribution in [2.75, 3.05) is 6.61 Å². The Morgan fingerprint density at radius 3 is 2.00 bits per heavy atom. The topological polar surface area (TPSA) is 76.0 Å². The fourth-order valence-corrected chi connectivity index (χ4v) is 4.18. The van der Waals surface area contributed by atoms with Gasteiger partial charge in [0.15, 0.2) is 5.78 Å². The summed E-state index contributed by atoms with van der Waals surface area (Å²) in [5.41, 5.74) is 1.39. The highest BCUT2D eigenvalue weighted by Crippen LogP contribution is 2.20. The Labute approximate surface area is 205 Å². The molecule has 0 saturated heterocycles. The molecule has 1 N–H and O–H groups in total. The van der Waals surface area contributed by atoms with Gasteiger partial charge in [0, 0.05) is 19.1 Å². The highest BCUT2D eigenvalue weighted by Gasteiger charge is 2.18. The van der Waals surface area contributed by atoms with Crippen molar-refractivity contribution in [3.05, 3.63) is 41.2 Å². The van der Waals surface area contributed by atoms with Gasteiger partial charge in [0.25, 0.3) is 0 Å². The van der Waals surface area contributed by atoms with Crippen molar-refractivity contribution in [3.63, 3.8) is 0 Å². The number of unbranched alkanes of at least 4 members (excludes halogenated alkanes) is 12. The van der Waals surface area contributed by atoms with Gasteiger partial charge in [0.2, 0.25) is 0 Å². The van der Waals surface area contributed by atoms with Crippen LogP contribution in [0, 0.1) is 0 Å². The molecule has 0 heterocycles. The molecule has 2 rings (SSSR count). The lowest BCUT2D eigenvalue weighted by atomic mass is 9.97. The molecule has 0 fully saturated rings. The maximum Gasteiger partial charge on any atom is 0.338 e. The molecule has 34 heavy (non-hydrogen) atoms. The number of benzene rings is 1. The highest BCUT2D eigenvalue weighted by atomic mass is 16.5. The first-order chi connectivity index (χ1) is 16.6. The third-order valence-corrected chi connectivity index (χ3v) is 6.36. The van der Waals surface area contributed by atoms with E-state index in [9.17, 15) is 14.7 Å². The van der Waals surface area contributed by atoms with Crippen LogP contribution in [0.25, 0.3) is 0 Å². The predicted octanol–water partition coefficient (Wildman–Crippen LogP) is 8.20. The first-order valence-corrected chi connectivity index (χ1v) is 13.4. The summed E-state index contributed by atoms with van der Waals surface area (Å²) in [6.45, 7) is 2.71. The number of rotatable bonds is 17. The minimum atomic E-state index is -0.322. The van der Waals surface area contributed by atoms with Crippen molar-refractivity contribution in [1.82, 2.24) is 0 Å². The second kappa shape index (κ2) is 17.1. The Morgan fingerprint density at radius 1 is 0.882 bits per heavy atom. The standard InChI is InChI=1S/C29H43NO4/c1-2-3-4-5-6-7-8-9-10-11-12-13-14-22-34-29(33)24-18-20-25(21-19-24)30-23-26-27(31)16-15-17-28(26)32/h18-21,23,31H,2-17,22H2,1H3. The van der Waals surface area contributed by atoms with Crippen LogP contribution in [0.2, 0.25) is 0 Å². The van der Waals surface area contributed by atoms with E-state index in [4.69, 9.17) is 4.74 Å². The summed E-state index contributed by atoms with van der Waals surface area (Å²) < 4.78 is 5.39. The van der Waals surface area contributed by atoms with Gasteiger partial charge >= 0.3 is 5.97 Å². The molecule has 0 atom stereocenters. The first kappa shape index (κ1) is 27.8. The van der Waals surface area contributed by atoms with Gasteiger partial charge in [-0.15, -0.1) is 0 Å². The van der Waals surface area contributed by atoms with E-state index in [1.165, 1.54) is 76.8 Å². The molecule has 0 spiro atoms. The van der Waals surface area contributed by atoms with Crippen molar-refractivity contribution in [2.45, 2.75) is 110 Å². The number of carbonyl (C=O) groups excluding carboxylic acids is 2. The van der Waals surface area contributed by atoms with Crippen molar-refractivity contribution in [3.8, 4) is 0 Å². The Morgan fingerprint density at radius 2 is 1.44 bits per heavy atom. The summed E-state index contributed by atoms with van der Waals surface area (Å²) in [6, 6.07) is 6.78. The van der Waals surface area contributed by atoms with E-state index in [2.05, 4.69) is 11.9 Å². The molecule has 0 radical (unpaired) electrons. The number of allylic oxidation sites excluding steroid dienone is 2. The molecule has 0 aliphatic heterocycles. The number of esters is 1. The summed E-state index contributed by atoms with van der Waals surface area (Å²) >= 11 is 0. The van der Waals surface area contributed by atoms with E-state index >= 15 is 0 Å². The first-order valence-electron chi connectivity index (χ1n) is 13.4. The number of Topliss-reactive ketones (excluding diaryl/α,β-unsaturated/α-hetero) is 1. The summed E-state index contributed by atoms with van der Waals surface area (Å²) in [5, 5.41) is 9.87. The molecular weight excluding hydrogens is 426 g/mol. The van der Waals surface area contributed by atoms with E-state index in [0.29, 0.717) is 37.1 Å². The molecule has 188 valence electrons. The van der Waals surface area contributed by atoms with Crippen LogP contribution in [-0.4, -0.2) is 29.7 Å². The molecule has 0 amide bonds. The van der Waals surface area contributed by atoms with Crippen LogP contribution in [0.1, 0.15) is 120 Å². The molecule has 1 aliphatic carbocycles. The van der Waals surface area contributed by atoms with Gasteiger partial charge in [0.05, 0.1) is 23.4 Å². The maximum atomic E-state index is 12.2. The molecule has 1 aromatic carbocycles. The summed E-state index contributed by atoms with van der Waals surface area (Å²) in [5.74, 6) is -0.300. The number of ether oxygens (including phenoxy) is 1. The molecule has 5 heteroatoms. The molecule has 0 aromatic heterocycles. The summed E-state index contributed by atoms with van der Waals surface area (Å²) in [4.78, 5) is 28.4. The molecule has 5 nitrogen and oxygen atoms in total. The zero-order chi connectivity index (χ0) is 24.4. The number of carbonyl (C=O) groups is 2. The fourth-order valence-electron chi connectivity index (χ4n) is 4.18. The Bertz CT molecular complexity index is 795. The third-order valence-electron chi connectivity index (χ3n) is 6.36. The average Bonchev–Trinajstić information content (AvgIpc) is 2.84. The second-order valence-corrected chi connectivity index (χ2v) is 9.32. The van der Waals surface area contributed by atoms with E-state index in [-0.39, 0.29) is 23.1 Å². The zero-order valence-corrected chi connectivity index (χ0v) is 21.0. The molecular formula is C29H43NO4. The average molecular weight is 470 g/mol. The molecule has 0 saturated carbocycles. The largest absolute Gasteiger partial charge is 0.512 e. The number of nitrogens with zero attached hydrogens (tertiary/aromatic N) is 1. The number of aliphatic hydroxyl groups is 1. The lowest BCUT2D eigenvalue weighted by molar-refractivity contribution is -0.115. The second-order valence-electron chi connectivity index (χ2n) is 9.32. The number of ketones is 1. The summed E-state index contributed by atoms with van der Waals surface area (Å²) in [6.07, 6.45) is 19.8. The van der Waals surface area contributed by atoms with Gasteiger partial charge in [-0.1, -0.05) is 84.0 Å². The van der Waals surface area contributed by atoms with Crippen molar-refractivity contribution >= 4 is 23.7 Å². The lowest BCUT2D eigenvalue weighted by Crippen LogP contribution is -2.12. The van der Waals surface area contributed by atoms with Crippen LogP contribution in [0.4, 0.5) is 5.69 Å². The van der Waals surface area contributed by atoms with Crippen LogP contribution in [0.3, 0.4) is 0 Å². The third kappa shape index (κ3) is 11.1. The lowest BCUT2D eigenvalue weighted by Gasteiger charge is -2.11. The number of aliphatic hydroxyl groups excluding tert-OH is 1. The normalized spacial score (nSPS) is 14.2. The van der Waals surface area contributed by atoms with Gasteiger partial charge in [0.1, 0.15) is 5.76 Å². The van der Waals surface area contributed by atoms with Crippen LogP contribution >= 0.6 is 0 Å². The molecule has 1 aliphatic rings. The van der Waals surface area contributed by atoms with Gasteiger partial charge in [-0.25, -0.2) is 4.79 Å². The van der Waals surface area contributed by atoms with Gasteiger partial charge in [-0.2, -0.15) is 0 Å². The number of aliphatic imine (C=N–C) groups is 1. The Kier molecular flexibility index (Phi) is 14.0. The van der Waals surface area contributed by atoms with E-state index in [0.717, 1.165) is 12.8 Å². The number of hydrogen-bond acceptors (Lipinski definition) is 5. The van der Waals surface area contributed by atoms with E-state index in [1.807, 2.05) is 0 Å². The maximum absolute atomic E-state index is 12.2. The van der Waals surface area contributed by atoms with Gasteiger partial charge in [-0.3, -0.25) is 9.79 Å². The summed E-state index contributed by atoms with van der Waals surface area (Å²) in [7, 11) is 0. The van der Waals surface area contributed by atoms with Crippen LogP contribution in [0.15, 0.2) is 40.6 Å². The predicted molar refractivity (Wildman–Crippen MR) is 139 cm³/mol. The van der Waals surface area contributed by atoms with E-state index < -0.39 is 0 Å². The van der Waals surface area contributed by atoms with E-state index in [1.54, 1.807) is 24.3 Å². The SMILES string of the molecule is CCCCCCCCCCCCCCCOC(=O)c1ccc(N=CC2=C(O)CCCC2=O)cc1. The quantitative estimate of drug-likeness (QED) is 0.142. The van der Waals surface area contributed by atoms with Gasteiger partial charge < -0.3 is 9.84 Å². The van der Waals surface area contributed by atoms with Crippen LogP contribution in [0.5, 0.6) is 0 Å². The van der Waals surface area contributed by atoms with Crippen LogP contribution in [-0.2, 0) is 9.53 Å². The smallest absolute Gasteiger partial charge is 0.338 e. The number of hydrogen-bond donors (Lipinski definition) is 1. The molecule has 0 unspecified atom stereocenters. The Balaban J connectivity index is 1.53. The van der Waals surface area contributed by atoms with Gasteiger partial charge in [-0.05, 0) is 37.1 Å². The monoisotopic (exact) mass is 469 g/mol. The fraction of sp³-hybridized carbons (Fsp3) is 0.621. The minimum absolute atomic E-state index is 0.0825. The highest BCUT2D eigenvalue weighted by molar-refractivity contribution is 6.14. The van der Waals surface area contributed by atoms with Crippen LogP contribution < -0.4 is 0 Å².